The first-order chi connectivity index (χ1) is 14.2. The van der Waals surface area contributed by atoms with Crippen LogP contribution in [0.3, 0.4) is 0 Å². The third-order valence-electron chi connectivity index (χ3n) is 6.41. The predicted octanol–water partition coefficient (Wildman–Crippen LogP) is 5.02. The van der Waals surface area contributed by atoms with Crippen LogP contribution in [0, 0.1) is 5.92 Å². The minimum absolute atomic E-state index is 0.0719. The van der Waals surface area contributed by atoms with E-state index in [1.165, 1.54) is 22.3 Å². The van der Waals surface area contributed by atoms with Gasteiger partial charge in [0.1, 0.15) is 0 Å². The van der Waals surface area contributed by atoms with Crippen LogP contribution < -0.4 is 5.43 Å². The number of fused-ring (bicyclic) bond motifs is 1. The zero-order valence-electron chi connectivity index (χ0n) is 16.5. The van der Waals surface area contributed by atoms with Crippen LogP contribution in [0.5, 0.6) is 0 Å². The molecule has 1 atom stereocenters. The first-order valence-electron chi connectivity index (χ1n) is 10.3. The van der Waals surface area contributed by atoms with Gasteiger partial charge in [-0.25, -0.2) is 5.43 Å². The van der Waals surface area contributed by atoms with Crippen molar-refractivity contribution in [2.24, 2.45) is 11.0 Å². The average Bonchev–Trinajstić information content (AvgIpc) is 2.78. The van der Waals surface area contributed by atoms with Gasteiger partial charge in [0.05, 0.1) is 6.42 Å². The van der Waals surface area contributed by atoms with E-state index in [2.05, 4.69) is 66.0 Å². The fraction of sp³-hybridized carbons (Fsp3) is 0.231. The number of amides is 1. The van der Waals surface area contributed by atoms with Gasteiger partial charge >= 0.3 is 0 Å². The van der Waals surface area contributed by atoms with Gasteiger partial charge in [-0.1, -0.05) is 78.9 Å². The molecule has 0 aliphatic heterocycles. The molecule has 29 heavy (non-hydrogen) atoms. The Morgan fingerprint density at radius 3 is 2.03 bits per heavy atom. The molecule has 0 saturated carbocycles. The van der Waals surface area contributed by atoms with Gasteiger partial charge in [-0.15, -0.1) is 0 Å². The third-order valence-corrected chi connectivity index (χ3v) is 6.41. The molecule has 2 bridgehead atoms. The van der Waals surface area contributed by atoms with Crippen LogP contribution in [0.4, 0.5) is 0 Å². The Balaban J connectivity index is 1.40. The van der Waals surface area contributed by atoms with E-state index in [0.717, 1.165) is 17.7 Å². The van der Waals surface area contributed by atoms with Crippen molar-refractivity contribution in [3.63, 3.8) is 0 Å². The molecule has 0 spiro atoms. The second-order valence-electron chi connectivity index (χ2n) is 8.08. The lowest BCUT2D eigenvalue weighted by atomic mass is 9.58. The summed E-state index contributed by atoms with van der Waals surface area (Å²) in [7, 11) is 0. The second-order valence-corrected chi connectivity index (χ2v) is 8.08. The number of nitrogens with one attached hydrogen (secondary N) is 1. The molecule has 3 aromatic rings. The van der Waals surface area contributed by atoms with Gasteiger partial charge in [-0.05, 0) is 41.2 Å². The van der Waals surface area contributed by atoms with Gasteiger partial charge in [0.15, 0.2) is 0 Å². The maximum atomic E-state index is 12.3. The van der Waals surface area contributed by atoms with Crippen LogP contribution in [-0.2, 0) is 11.2 Å². The number of hydrogen-bond acceptors (Lipinski definition) is 2. The average molecular weight is 380 g/mol. The van der Waals surface area contributed by atoms with Crippen molar-refractivity contribution in [3.05, 3.63) is 107 Å². The highest BCUT2D eigenvalue weighted by Gasteiger charge is 2.44. The van der Waals surface area contributed by atoms with Crippen molar-refractivity contribution in [1.82, 2.24) is 5.43 Å². The van der Waals surface area contributed by atoms with Gasteiger partial charge in [0, 0.05) is 23.5 Å². The van der Waals surface area contributed by atoms with Crippen LogP contribution in [0.15, 0.2) is 84.0 Å². The lowest BCUT2D eigenvalue weighted by Crippen LogP contribution is -2.36. The van der Waals surface area contributed by atoms with E-state index >= 15 is 0 Å². The maximum absolute atomic E-state index is 12.3. The summed E-state index contributed by atoms with van der Waals surface area (Å²) in [6.07, 6.45) is 1.39. The number of carbonyl (C=O) groups is 1. The Hall–Kier alpha value is -3.20. The first-order valence-corrected chi connectivity index (χ1v) is 10.3. The quantitative estimate of drug-likeness (QED) is 0.501. The fourth-order valence-electron chi connectivity index (χ4n) is 5.10. The van der Waals surface area contributed by atoms with Gasteiger partial charge in [0.2, 0.25) is 5.91 Å². The number of nitrogens with zero attached hydrogens (tertiary/aromatic N) is 1. The van der Waals surface area contributed by atoms with E-state index < -0.39 is 0 Å². The van der Waals surface area contributed by atoms with Crippen LogP contribution in [0.2, 0.25) is 0 Å². The summed E-state index contributed by atoms with van der Waals surface area (Å²) in [6.45, 7) is 2.05. The zero-order valence-corrected chi connectivity index (χ0v) is 16.5. The van der Waals surface area contributed by atoms with E-state index in [1.807, 2.05) is 30.3 Å². The molecular weight excluding hydrogens is 356 g/mol. The summed E-state index contributed by atoms with van der Waals surface area (Å²) in [4.78, 5) is 12.3. The van der Waals surface area contributed by atoms with Gasteiger partial charge in [-0.3, -0.25) is 4.79 Å². The molecule has 0 aromatic heterocycles. The van der Waals surface area contributed by atoms with Gasteiger partial charge in [-0.2, -0.15) is 5.10 Å². The summed E-state index contributed by atoms with van der Waals surface area (Å²) >= 11 is 0. The number of carbonyl (C=O) groups excluding carboxylic acids is 1. The van der Waals surface area contributed by atoms with E-state index in [-0.39, 0.29) is 5.91 Å². The molecular formula is C26H24N2O. The van der Waals surface area contributed by atoms with Crippen molar-refractivity contribution in [3.8, 4) is 0 Å². The summed E-state index contributed by atoms with van der Waals surface area (Å²) in [5.41, 5.74) is 10.5. The number of benzene rings is 3. The predicted molar refractivity (Wildman–Crippen MR) is 116 cm³/mol. The van der Waals surface area contributed by atoms with Crippen LogP contribution in [-0.4, -0.2) is 11.6 Å². The van der Waals surface area contributed by atoms with Crippen LogP contribution in [0.25, 0.3) is 0 Å². The highest BCUT2D eigenvalue weighted by molar-refractivity contribution is 5.89. The lowest BCUT2D eigenvalue weighted by molar-refractivity contribution is -0.120. The maximum Gasteiger partial charge on any atom is 0.244 e. The zero-order chi connectivity index (χ0) is 19.8. The van der Waals surface area contributed by atoms with Crippen LogP contribution in [0.1, 0.15) is 53.0 Å². The Kier molecular flexibility index (Phi) is 4.51. The van der Waals surface area contributed by atoms with Crippen molar-refractivity contribution in [2.45, 2.75) is 31.6 Å². The number of rotatable bonds is 4. The summed E-state index contributed by atoms with van der Waals surface area (Å²) in [5.74, 6) is 0.948. The molecule has 0 heterocycles. The molecule has 3 aliphatic rings. The minimum atomic E-state index is -0.0719. The second kappa shape index (κ2) is 7.32. The first kappa shape index (κ1) is 17.9. The third kappa shape index (κ3) is 3.17. The number of hydrazone groups is 1. The molecule has 3 heteroatoms. The van der Waals surface area contributed by atoms with E-state index in [9.17, 15) is 4.79 Å². The summed E-state index contributed by atoms with van der Waals surface area (Å²) in [5, 5.41) is 4.53. The molecule has 3 aliphatic carbocycles. The summed E-state index contributed by atoms with van der Waals surface area (Å²) in [6, 6.07) is 27.4. The molecule has 0 saturated heterocycles. The fourth-order valence-corrected chi connectivity index (χ4v) is 5.10. The largest absolute Gasteiger partial charge is 0.273 e. The Labute approximate surface area is 171 Å². The van der Waals surface area contributed by atoms with Gasteiger partial charge < -0.3 is 0 Å². The molecule has 3 aromatic carbocycles. The Morgan fingerprint density at radius 2 is 1.41 bits per heavy atom. The standard InChI is InChI=1S/C26H24N2O/c1-17(27-28-25(29)15-18-9-3-2-4-10-18)23-16-24-19-11-5-7-13-21(19)26(23)22-14-8-6-12-20(22)24/h2-14,23-24,26H,15-16H2,1H3,(H,28,29). The minimum Gasteiger partial charge on any atom is -0.273 e. The molecule has 1 amide bonds. The van der Waals surface area contributed by atoms with E-state index in [1.54, 1.807) is 0 Å². The van der Waals surface area contributed by atoms with Gasteiger partial charge in [0.25, 0.3) is 0 Å². The molecule has 1 unspecified atom stereocenters. The normalized spacial score (nSPS) is 22.0. The lowest BCUT2D eigenvalue weighted by Gasteiger charge is -2.45. The van der Waals surface area contributed by atoms with Crippen molar-refractivity contribution in [2.75, 3.05) is 0 Å². The molecule has 0 fully saturated rings. The smallest absolute Gasteiger partial charge is 0.244 e. The SMILES string of the molecule is CC(=NNC(=O)Cc1ccccc1)C1CC2c3ccccc3C1c1ccccc12. The van der Waals surface area contributed by atoms with Crippen molar-refractivity contribution < 1.29 is 4.79 Å². The van der Waals surface area contributed by atoms with Crippen LogP contribution >= 0.6 is 0 Å². The highest BCUT2D eigenvalue weighted by atomic mass is 16.2. The highest BCUT2D eigenvalue weighted by Crippen LogP contribution is 2.55. The number of hydrogen-bond donors (Lipinski definition) is 1. The molecule has 6 rings (SSSR count). The molecule has 144 valence electrons. The van der Waals surface area contributed by atoms with E-state index in [4.69, 9.17) is 0 Å². The molecule has 0 radical (unpaired) electrons. The van der Waals surface area contributed by atoms with E-state index in [0.29, 0.717) is 24.2 Å². The van der Waals surface area contributed by atoms with Crippen molar-refractivity contribution >= 4 is 11.6 Å². The monoisotopic (exact) mass is 380 g/mol. The Morgan fingerprint density at radius 1 is 0.862 bits per heavy atom. The Bertz CT molecular complexity index is 1040. The molecule has 1 N–H and O–H groups in total. The molecule has 3 nitrogen and oxygen atoms in total. The topological polar surface area (TPSA) is 41.5 Å². The van der Waals surface area contributed by atoms with Crippen molar-refractivity contribution in [1.29, 1.82) is 0 Å². The summed E-state index contributed by atoms with van der Waals surface area (Å²) < 4.78 is 0.